The molecule has 2 heterocycles. The number of aromatic nitrogens is 5. The first kappa shape index (κ1) is 19.8. The average molecular weight is 358 g/mol. The standard InChI is InChI=1S/C19H27FN6/c1-5-14(4)6-7-22-19-17(13(2)3)11-24-25-12-23-18(26-19)15-8-16(20)10-21-9-15/h8-14,24H,5-7H2,1-4H3,(H,22,23,25,26). The molecule has 0 aliphatic carbocycles. The van der Waals surface area contributed by atoms with Gasteiger partial charge in [-0.15, -0.1) is 0 Å². The molecule has 0 aliphatic heterocycles. The Kier molecular flexibility index (Phi) is 7.44. The lowest BCUT2D eigenvalue weighted by Crippen LogP contribution is -2.10. The largest absolute Gasteiger partial charge is 0.370 e. The zero-order valence-corrected chi connectivity index (χ0v) is 15.8. The molecule has 0 amide bonds. The van der Waals surface area contributed by atoms with E-state index in [0.29, 0.717) is 23.1 Å². The molecule has 26 heavy (non-hydrogen) atoms. The van der Waals surface area contributed by atoms with E-state index in [1.54, 1.807) is 6.20 Å². The fourth-order valence-electron chi connectivity index (χ4n) is 2.39. The minimum atomic E-state index is -0.429. The maximum Gasteiger partial charge on any atom is 0.164 e. The van der Waals surface area contributed by atoms with Crippen molar-refractivity contribution >= 4 is 5.82 Å². The molecule has 2 N–H and O–H groups in total. The van der Waals surface area contributed by atoms with Gasteiger partial charge >= 0.3 is 0 Å². The molecule has 140 valence electrons. The second kappa shape index (κ2) is 9.79. The monoisotopic (exact) mass is 358 g/mol. The highest BCUT2D eigenvalue weighted by Crippen LogP contribution is 2.22. The molecule has 6 nitrogen and oxygen atoms in total. The van der Waals surface area contributed by atoms with Crippen LogP contribution in [0.15, 0.2) is 31.0 Å². The number of H-pyrrole nitrogens is 1. The topological polar surface area (TPSA) is 79.4 Å². The van der Waals surface area contributed by atoms with Gasteiger partial charge in [-0.05, 0) is 24.3 Å². The zero-order valence-electron chi connectivity index (χ0n) is 15.8. The molecule has 0 bridgehead atoms. The number of pyridine rings is 1. The summed E-state index contributed by atoms with van der Waals surface area (Å²) in [6.07, 6.45) is 8.05. The summed E-state index contributed by atoms with van der Waals surface area (Å²) < 4.78 is 13.6. The van der Waals surface area contributed by atoms with Crippen molar-refractivity contribution in [2.45, 2.75) is 46.5 Å². The Morgan fingerprint density at radius 2 is 2.04 bits per heavy atom. The van der Waals surface area contributed by atoms with Crippen molar-refractivity contribution in [3.8, 4) is 11.4 Å². The summed E-state index contributed by atoms with van der Waals surface area (Å²) in [4.78, 5) is 12.8. The number of aromatic amines is 1. The van der Waals surface area contributed by atoms with E-state index in [2.05, 4.69) is 58.2 Å². The Labute approximate surface area is 154 Å². The van der Waals surface area contributed by atoms with E-state index in [1.165, 1.54) is 12.4 Å². The molecule has 0 spiro atoms. The molecule has 1 unspecified atom stereocenters. The highest BCUT2D eigenvalue weighted by atomic mass is 19.1. The van der Waals surface area contributed by atoms with Gasteiger partial charge in [0, 0.05) is 30.1 Å². The van der Waals surface area contributed by atoms with E-state index in [4.69, 9.17) is 0 Å². The Balaban J connectivity index is 2.49. The molecule has 0 saturated heterocycles. The second-order valence-corrected chi connectivity index (χ2v) is 6.66. The van der Waals surface area contributed by atoms with Crippen molar-refractivity contribution in [1.82, 2.24) is 25.1 Å². The van der Waals surface area contributed by atoms with Crippen molar-refractivity contribution in [1.29, 1.82) is 0 Å². The van der Waals surface area contributed by atoms with E-state index >= 15 is 0 Å². The average Bonchev–Trinajstić information content (AvgIpc) is 2.72. The number of hydrogen-bond donors (Lipinski definition) is 2. The molecular formula is C19H27FN6. The summed E-state index contributed by atoms with van der Waals surface area (Å²) >= 11 is 0. The van der Waals surface area contributed by atoms with Gasteiger partial charge in [0.15, 0.2) is 5.82 Å². The number of rotatable bonds is 7. The van der Waals surface area contributed by atoms with Crippen LogP contribution >= 0.6 is 0 Å². The van der Waals surface area contributed by atoms with E-state index in [0.717, 1.165) is 31.1 Å². The fourth-order valence-corrected chi connectivity index (χ4v) is 2.39. The number of halogens is 1. The van der Waals surface area contributed by atoms with Gasteiger partial charge in [-0.2, -0.15) is 5.10 Å². The first-order valence-corrected chi connectivity index (χ1v) is 9.00. The van der Waals surface area contributed by atoms with Crippen molar-refractivity contribution in [2.24, 2.45) is 5.92 Å². The maximum absolute atomic E-state index is 13.6. The molecule has 0 aliphatic rings. The molecule has 1 atom stereocenters. The maximum atomic E-state index is 13.6. The molecule has 0 radical (unpaired) electrons. The van der Waals surface area contributed by atoms with Gasteiger partial charge in [0.2, 0.25) is 0 Å². The van der Waals surface area contributed by atoms with Crippen molar-refractivity contribution in [3.63, 3.8) is 0 Å². The third-order valence-corrected chi connectivity index (χ3v) is 4.24. The normalized spacial score (nSPS) is 11.9. The Morgan fingerprint density at radius 3 is 2.73 bits per heavy atom. The predicted octanol–water partition coefficient (Wildman–Crippen LogP) is 4.50. The summed E-state index contributed by atoms with van der Waals surface area (Å²) in [7, 11) is 0. The van der Waals surface area contributed by atoms with Crippen LogP contribution in [0.25, 0.3) is 11.4 Å². The molecule has 0 fully saturated rings. The number of nitrogens with one attached hydrogen (secondary N) is 2. The highest BCUT2D eigenvalue weighted by Gasteiger charge is 2.10. The third kappa shape index (κ3) is 5.75. The molecule has 7 heteroatoms. The molecule has 2 aromatic heterocycles. The number of hydrogen-bond acceptors (Lipinski definition) is 5. The van der Waals surface area contributed by atoms with Crippen molar-refractivity contribution in [3.05, 3.63) is 42.4 Å². The third-order valence-electron chi connectivity index (χ3n) is 4.24. The summed E-state index contributed by atoms with van der Waals surface area (Å²) in [5, 5.41) is 10.3. The van der Waals surface area contributed by atoms with Crippen LogP contribution in [0.2, 0.25) is 0 Å². The molecule has 2 aromatic rings. The first-order chi connectivity index (χ1) is 12.5. The van der Waals surface area contributed by atoms with E-state index in [9.17, 15) is 4.39 Å². The summed E-state index contributed by atoms with van der Waals surface area (Å²) in [6.45, 7) is 9.38. The van der Waals surface area contributed by atoms with E-state index < -0.39 is 5.82 Å². The molecule has 2 rings (SSSR count). The highest BCUT2D eigenvalue weighted by molar-refractivity contribution is 5.56. The van der Waals surface area contributed by atoms with Crippen LogP contribution in [-0.2, 0) is 0 Å². The lowest BCUT2D eigenvalue weighted by atomic mass is 10.0. The molecule has 0 saturated carbocycles. The lowest BCUT2D eigenvalue weighted by molar-refractivity contribution is 0.531. The van der Waals surface area contributed by atoms with Crippen LogP contribution < -0.4 is 5.32 Å². The van der Waals surface area contributed by atoms with Gasteiger partial charge in [0.25, 0.3) is 0 Å². The van der Waals surface area contributed by atoms with Gasteiger partial charge in [-0.1, -0.05) is 34.1 Å². The minimum absolute atomic E-state index is 0.220. The second-order valence-electron chi connectivity index (χ2n) is 6.66. The predicted molar refractivity (Wildman–Crippen MR) is 102 cm³/mol. The smallest absolute Gasteiger partial charge is 0.164 e. The molecular weight excluding hydrogens is 331 g/mol. The zero-order chi connectivity index (χ0) is 18.9. The van der Waals surface area contributed by atoms with Crippen LogP contribution in [0, 0.1) is 11.7 Å². The summed E-state index contributed by atoms with van der Waals surface area (Å²) in [5.41, 5.74) is 1.48. The molecule has 0 aromatic carbocycles. The minimum Gasteiger partial charge on any atom is -0.370 e. The van der Waals surface area contributed by atoms with Crippen LogP contribution in [0.3, 0.4) is 0 Å². The first-order valence-electron chi connectivity index (χ1n) is 9.00. The van der Waals surface area contributed by atoms with Gasteiger partial charge in [0.1, 0.15) is 18.0 Å². The van der Waals surface area contributed by atoms with E-state index in [1.807, 2.05) is 6.20 Å². The number of nitrogens with zero attached hydrogens (tertiary/aromatic N) is 4. The van der Waals surface area contributed by atoms with E-state index in [-0.39, 0.29) is 5.92 Å². The van der Waals surface area contributed by atoms with Gasteiger partial charge in [-0.25, -0.2) is 14.4 Å². The lowest BCUT2D eigenvalue weighted by Gasteiger charge is -2.14. The Hall–Kier alpha value is -2.57. The summed E-state index contributed by atoms with van der Waals surface area (Å²) in [6, 6.07) is 1.37. The van der Waals surface area contributed by atoms with Gasteiger partial charge in [-0.3, -0.25) is 10.1 Å². The van der Waals surface area contributed by atoms with Crippen LogP contribution in [-0.4, -0.2) is 31.7 Å². The fraction of sp³-hybridized carbons (Fsp3) is 0.474. The number of anilines is 1. The van der Waals surface area contributed by atoms with Crippen LogP contribution in [0.5, 0.6) is 0 Å². The van der Waals surface area contributed by atoms with Crippen molar-refractivity contribution < 1.29 is 4.39 Å². The van der Waals surface area contributed by atoms with Crippen molar-refractivity contribution in [2.75, 3.05) is 11.9 Å². The van der Waals surface area contributed by atoms with Crippen LogP contribution in [0.1, 0.15) is 52.0 Å². The van der Waals surface area contributed by atoms with Gasteiger partial charge in [0.05, 0.1) is 6.20 Å². The Morgan fingerprint density at radius 1 is 1.23 bits per heavy atom. The van der Waals surface area contributed by atoms with Gasteiger partial charge < -0.3 is 5.32 Å². The Bertz CT molecular complexity index is 757. The van der Waals surface area contributed by atoms with Crippen LogP contribution in [0.4, 0.5) is 10.2 Å². The summed E-state index contributed by atoms with van der Waals surface area (Å²) in [5.74, 6) is 1.50. The SMILES string of the molecule is CCC(C)CCNc1nc(-c2cncc(F)c2)ncn[nH]cc1C(C)C. The quantitative estimate of drug-likeness (QED) is 0.762.